The highest BCUT2D eigenvalue weighted by molar-refractivity contribution is 5.99. The maximum absolute atomic E-state index is 12.5. The predicted molar refractivity (Wildman–Crippen MR) is 91.5 cm³/mol. The predicted octanol–water partition coefficient (Wildman–Crippen LogP) is 3.17. The molecule has 5 nitrogen and oxygen atoms in total. The highest BCUT2D eigenvalue weighted by Gasteiger charge is 2.27. The lowest BCUT2D eigenvalue weighted by Gasteiger charge is -2.24. The standard InChI is InChI=1S/C18H23N3O2/c1-12-9-13-6-4-8-19-17(13)15(10-12)20-18(23)21(2)11-14-5-3-7-16(14)22/h4,6,8-10,14,16,22H,3,5,7,11H2,1-2H3,(H,20,23). The first-order valence-electron chi connectivity index (χ1n) is 8.10. The summed E-state index contributed by atoms with van der Waals surface area (Å²) < 4.78 is 0. The van der Waals surface area contributed by atoms with E-state index in [1.165, 1.54) is 0 Å². The molecular formula is C18H23N3O2. The second-order valence-electron chi connectivity index (χ2n) is 6.46. The van der Waals surface area contributed by atoms with Gasteiger partial charge in [0.15, 0.2) is 0 Å². The van der Waals surface area contributed by atoms with Gasteiger partial charge in [-0.25, -0.2) is 4.79 Å². The molecule has 1 aromatic carbocycles. The van der Waals surface area contributed by atoms with Crippen LogP contribution in [0.1, 0.15) is 24.8 Å². The molecule has 5 heteroatoms. The molecular weight excluding hydrogens is 290 g/mol. The van der Waals surface area contributed by atoms with Crippen molar-refractivity contribution in [3.05, 3.63) is 36.0 Å². The average molecular weight is 313 g/mol. The van der Waals surface area contributed by atoms with Crippen LogP contribution >= 0.6 is 0 Å². The van der Waals surface area contributed by atoms with Crippen LogP contribution in [0.5, 0.6) is 0 Å². The fourth-order valence-corrected chi connectivity index (χ4v) is 3.31. The Morgan fingerprint density at radius 2 is 2.26 bits per heavy atom. The summed E-state index contributed by atoms with van der Waals surface area (Å²) >= 11 is 0. The molecule has 1 aliphatic rings. The minimum Gasteiger partial charge on any atom is -0.393 e. The first-order valence-corrected chi connectivity index (χ1v) is 8.10. The zero-order chi connectivity index (χ0) is 16.4. The lowest BCUT2D eigenvalue weighted by atomic mass is 10.1. The summed E-state index contributed by atoms with van der Waals surface area (Å²) in [4.78, 5) is 18.5. The Kier molecular flexibility index (Phi) is 4.48. The van der Waals surface area contributed by atoms with Crippen molar-refractivity contribution >= 4 is 22.6 Å². The highest BCUT2D eigenvalue weighted by atomic mass is 16.3. The van der Waals surface area contributed by atoms with Crippen molar-refractivity contribution in [3.8, 4) is 0 Å². The second kappa shape index (κ2) is 6.54. The van der Waals surface area contributed by atoms with E-state index in [0.717, 1.165) is 41.4 Å². The van der Waals surface area contributed by atoms with Crippen molar-refractivity contribution in [2.45, 2.75) is 32.3 Å². The van der Waals surface area contributed by atoms with Crippen LogP contribution < -0.4 is 5.32 Å². The van der Waals surface area contributed by atoms with Gasteiger partial charge >= 0.3 is 6.03 Å². The number of carbonyl (C=O) groups excluding carboxylic acids is 1. The Morgan fingerprint density at radius 3 is 3.00 bits per heavy atom. The van der Waals surface area contributed by atoms with Gasteiger partial charge in [-0.2, -0.15) is 0 Å². The molecule has 2 N–H and O–H groups in total. The molecule has 2 unspecified atom stereocenters. The van der Waals surface area contributed by atoms with Gasteiger partial charge in [-0.05, 0) is 43.5 Å². The van der Waals surface area contributed by atoms with Crippen molar-refractivity contribution in [2.75, 3.05) is 18.9 Å². The van der Waals surface area contributed by atoms with Gasteiger partial charge in [0.05, 0.1) is 17.3 Å². The third-order valence-electron chi connectivity index (χ3n) is 4.56. The minimum atomic E-state index is -0.285. The Bertz CT molecular complexity index is 716. The number of fused-ring (bicyclic) bond motifs is 1. The third kappa shape index (κ3) is 3.45. The number of hydrogen-bond donors (Lipinski definition) is 2. The minimum absolute atomic E-state index is 0.165. The van der Waals surface area contributed by atoms with Crippen molar-refractivity contribution in [3.63, 3.8) is 0 Å². The topological polar surface area (TPSA) is 65.5 Å². The van der Waals surface area contributed by atoms with Gasteiger partial charge in [0, 0.05) is 31.1 Å². The van der Waals surface area contributed by atoms with Gasteiger partial charge in [0.1, 0.15) is 0 Å². The number of nitrogens with zero attached hydrogens (tertiary/aromatic N) is 2. The maximum atomic E-state index is 12.5. The Morgan fingerprint density at radius 1 is 1.43 bits per heavy atom. The van der Waals surface area contributed by atoms with E-state index in [4.69, 9.17) is 0 Å². The monoisotopic (exact) mass is 313 g/mol. The normalized spacial score (nSPS) is 20.7. The van der Waals surface area contributed by atoms with E-state index in [-0.39, 0.29) is 18.1 Å². The van der Waals surface area contributed by atoms with E-state index in [9.17, 15) is 9.90 Å². The van der Waals surface area contributed by atoms with E-state index in [2.05, 4.69) is 16.4 Å². The summed E-state index contributed by atoms with van der Waals surface area (Å²) in [5, 5.41) is 13.9. The zero-order valence-corrected chi connectivity index (χ0v) is 13.6. The number of anilines is 1. The fraction of sp³-hybridized carbons (Fsp3) is 0.444. The molecule has 1 saturated carbocycles. The first-order chi connectivity index (χ1) is 11.0. The molecule has 1 heterocycles. The summed E-state index contributed by atoms with van der Waals surface area (Å²) in [5.74, 6) is 0.179. The molecule has 3 rings (SSSR count). The van der Waals surface area contributed by atoms with Gasteiger partial charge < -0.3 is 15.3 Å². The number of rotatable bonds is 3. The average Bonchev–Trinajstić information content (AvgIpc) is 2.92. The number of aromatic nitrogens is 1. The number of nitrogens with one attached hydrogen (secondary N) is 1. The zero-order valence-electron chi connectivity index (χ0n) is 13.6. The summed E-state index contributed by atoms with van der Waals surface area (Å²) in [6.07, 6.45) is 4.30. The largest absolute Gasteiger partial charge is 0.393 e. The van der Waals surface area contributed by atoms with Crippen molar-refractivity contribution in [1.29, 1.82) is 0 Å². The molecule has 1 aromatic heterocycles. The van der Waals surface area contributed by atoms with Crippen LogP contribution in [0, 0.1) is 12.8 Å². The summed E-state index contributed by atoms with van der Waals surface area (Å²) in [6.45, 7) is 2.57. The lowest BCUT2D eigenvalue weighted by Crippen LogP contribution is -2.37. The molecule has 0 bridgehead atoms. The smallest absolute Gasteiger partial charge is 0.321 e. The lowest BCUT2D eigenvalue weighted by molar-refractivity contribution is 0.116. The second-order valence-corrected chi connectivity index (χ2v) is 6.46. The van der Waals surface area contributed by atoms with Crippen LogP contribution in [0.25, 0.3) is 10.9 Å². The number of benzene rings is 1. The van der Waals surface area contributed by atoms with Crippen LogP contribution in [0.2, 0.25) is 0 Å². The number of pyridine rings is 1. The van der Waals surface area contributed by atoms with Crippen LogP contribution in [0.4, 0.5) is 10.5 Å². The molecule has 0 aliphatic heterocycles. The summed E-state index contributed by atoms with van der Waals surface area (Å²) in [5.41, 5.74) is 2.60. The molecule has 0 spiro atoms. The van der Waals surface area contributed by atoms with E-state index in [1.807, 2.05) is 25.1 Å². The molecule has 2 aromatic rings. The summed E-state index contributed by atoms with van der Waals surface area (Å²) in [7, 11) is 1.77. The SMILES string of the molecule is Cc1cc(NC(=O)N(C)CC2CCCC2O)c2ncccc2c1. The van der Waals surface area contributed by atoms with Crippen LogP contribution in [0.3, 0.4) is 0 Å². The fourth-order valence-electron chi connectivity index (χ4n) is 3.31. The summed E-state index contributed by atoms with van der Waals surface area (Å²) in [6, 6.07) is 7.70. The van der Waals surface area contributed by atoms with Crippen molar-refractivity contribution in [2.24, 2.45) is 5.92 Å². The molecule has 0 saturated heterocycles. The molecule has 2 amide bonds. The van der Waals surface area contributed by atoms with Gasteiger partial charge in [0.25, 0.3) is 0 Å². The number of aryl methyl sites for hydroxylation is 1. The number of aliphatic hydroxyl groups excluding tert-OH is 1. The molecule has 122 valence electrons. The number of urea groups is 1. The van der Waals surface area contributed by atoms with E-state index in [0.29, 0.717) is 6.54 Å². The first kappa shape index (κ1) is 15.7. The van der Waals surface area contributed by atoms with Crippen LogP contribution in [0.15, 0.2) is 30.5 Å². The molecule has 1 fully saturated rings. The Balaban J connectivity index is 1.74. The number of aliphatic hydroxyl groups is 1. The Hall–Kier alpha value is -2.14. The number of amides is 2. The van der Waals surface area contributed by atoms with E-state index < -0.39 is 0 Å². The third-order valence-corrected chi connectivity index (χ3v) is 4.56. The van der Waals surface area contributed by atoms with Crippen molar-refractivity contribution in [1.82, 2.24) is 9.88 Å². The highest BCUT2D eigenvalue weighted by Crippen LogP contribution is 2.27. The quantitative estimate of drug-likeness (QED) is 0.914. The number of hydrogen-bond acceptors (Lipinski definition) is 3. The molecule has 1 aliphatic carbocycles. The Labute approximate surface area is 136 Å². The van der Waals surface area contributed by atoms with Crippen LogP contribution in [-0.2, 0) is 0 Å². The molecule has 23 heavy (non-hydrogen) atoms. The van der Waals surface area contributed by atoms with Gasteiger partial charge in [-0.15, -0.1) is 0 Å². The maximum Gasteiger partial charge on any atom is 0.321 e. The number of carbonyl (C=O) groups is 1. The van der Waals surface area contributed by atoms with E-state index in [1.54, 1.807) is 18.1 Å². The molecule has 0 radical (unpaired) electrons. The molecule has 2 atom stereocenters. The van der Waals surface area contributed by atoms with Crippen LogP contribution in [-0.4, -0.2) is 40.7 Å². The van der Waals surface area contributed by atoms with Gasteiger partial charge in [0.2, 0.25) is 0 Å². The van der Waals surface area contributed by atoms with Gasteiger partial charge in [-0.3, -0.25) is 4.98 Å². The van der Waals surface area contributed by atoms with Gasteiger partial charge in [-0.1, -0.05) is 12.5 Å². The van der Waals surface area contributed by atoms with E-state index >= 15 is 0 Å². The van der Waals surface area contributed by atoms with Crippen molar-refractivity contribution < 1.29 is 9.90 Å².